The summed E-state index contributed by atoms with van der Waals surface area (Å²) in [4.78, 5) is 12.6. The van der Waals surface area contributed by atoms with Gasteiger partial charge >= 0.3 is 0 Å². The fourth-order valence-electron chi connectivity index (χ4n) is 3.60. The van der Waals surface area contributed by atoms with Crippen molar-refractivity contribution in [2.45, 2.75) is 43.6 Å². The number of amides is 1. The molecule has 0 bridgehead atoms. The van der Waals surface area contributed by atoms with E-state index >= 15 is 0 Å². The Morgan fingerprint density at radius 2 is 1.68 bits per heavy atom. The van der Waals surface area contributed by atoms with Gasteiger partial charge in [0.15, 0.2) is 11.0 Å². The summed E-state index contributed by atoms with van der Waals surface area (Å²) in [6, 6.07) is 24.2. The molecule has 174 valence electrons. The predicted molar refractivity (Wildman–Crippen MR) is 133 cm³/mol. The average Bonchev–Trinajstić information content (AvgIpc) is 3.28. The second kappa shape index (κ2) is 11.1. The van der Waals surface area contributed by atoms with Crippen LogP contribution in [0.15, 0.2) is 84.0 Å². The number of carbonyl (C=O) groups is 1. The summed E-state index contributed by atoms with van der Waals surface area (Å²) in [5.41, 5.74) is 4.21. The van der Waals surface area contributed by atoms with Gasteiger partial charge in [0.05, 0.1) is 6.04 Å². The second-order valence-corrected chi connectivity index (χ2v) is 9.14. The van der Waals surface area contributed by atoms with Crippen LogP contribution >= 0.6 is 11.8 Å². The fourth-order valence-corrected chi connectivity index (χ4v) is 4.52. The topological polar surface area (TPSA) is 59.8 Å². The standard InChI is InChI=1S/C27H27FN4OS/c1-19-8-15-24(16-9-19)32-26(20(2)29-25(33)17-12-21-6-4-3-5-7-21)30-31-27(32)34-18-22-10-13-23(28)14-11-22/h3-11,13-16,20H,12,17-18H2,1-2H3,(H,29,33). The van der Waals surface area contributed by atoms with Crippen LogP contribution in [0.5, 0.6) is 0 Å². The molecule has 7 heteroatoms. The Hall–Kier alpha value is -3.45. The maximum Gasteiger partial charge on any atom is 0.220 e. The number of carbonyl (C=O) groups excluding carboxylic acids is 1. The Balaban J connectivity index is 1.51. The van der Waals surface area contributed by atoms with Crippen molar-refractivity contribution in [3.63, 3.8) is 0 Å². The van der Waals surface area contributed by atoms with Gasteiger partial charge in [-0.05, 0) is 55.7 Å². The summed E-state index contributed by atoms with van der Waals surface area (Å²) in [6.07, 6.45) is 1.09. The minimum absolute atomic E-state index is 0.0321. The van der Waals surface area contributed by atoms with E-state index in [1.807, 2.05) is 73.0 Å². The zero-order chi connectivity index (χ0) is 23.9. The fraction of sp³-hybridized carbons (Fsp3) is 0.222. The van der Waals surface area contributed by atoms with Crippen LogP contribution in [0, 0.1) is 12.7 Å². The maximum absolute atomic E-state index is 13.2. The number of hydrogen-bond donors (Lipinski definition) is 1. The molecule has 3 aromatic carbocycles. The summed E-state index contributed by atoms with van der Waals surface area (Å²) in [7, 11) is 0. The summed E-state index contributed by atoms with van der Waals surface area (Å²) in [5.74, 6) is 1.01. The summed E-state index contributed by atoms with van der Waals surface area (Å²) in [6.45, 7) is 3.96. The molecule has 1 N–H and O–H groups in total. The summed E-state index contributed by atoms with van der Waals surface area (Å²) < 4.78 is 15.2. The van der Waals surface area contributed by atoms with E-state index in [1.165, 1.54) is 23.9 Å². The Morgan fingerprint density at radius 1 is 0.971 bits per heavy atom. The van der Waals surface area contributed by atoms with Gasteiger partial charge in [-0.2, -0.15) is 0 Å². The minimum Gasteiger partial charge on any atom is -0.346 e. The smallest absolute Gasteiger partial charge is 0.220 e. The van der Waals surface area contributed by atoms with E-state index in [4.69, 9.17) is 0 Å². The number of aryl methyl sites for hydroxylation is 2. The molecule has 4 aromatic rings. The molecule has 5 nitrogen and oxygen atoms in total. The molecular formula is C27H27FN4OS. The molecule has 0 saturated heterocycles. The lowest BCUT2D eigenvalue weighted by Gasteiger charge is -2.16. The molecule has 1 unspecified atom stereocenters. The van der Waals surface area contributed by atoms with E-state index in [0.29, 0.717) is 29.6 Å². The first kappa shape index (κ1) is 23.7. The van der Waals surface area contributed by atoms with Gasteiger partial charge in [-0.15, -0.1) is 10.2 Å². The molecule has 0 aliphatic carbocycles. The first-order chi connectivity index (χ1) is 16.5. The van der Waals surface area contributed by atoms with Crippen molar-refractivity contribution >= 4 is 17.7 Å². The number of halogens is 1. The molecule has 4 rings (SSSR count). The maximum atomic E-state index is 13.2. The van der Waals surface area contributed by atoms with Crippen molar-refractivity contribution in [2.24, 2.45) is 0 Å². The SMILES string of the molecule is Cc1ccc(-n2c(SCc3ccc(F)cc3)nnc2C(C)NC(=O)CCc2ccccc2)cc1. The van der Waals surface area contributed by atoms with Crippen LogP contribution in [-0.4, -0.2) is 20.7 Å². The van der Waals surface area contributed by atoms with Crippen LogP contribution in [0.3, 0.4) is 0 Å². The number of nitrogens with one attached hydrogen (secondary N) is 1. The molecule has 34 heavy (non-hydrogen) atoms. The second-order valence-electron chi connectivity index (χ2n) is 8.20. The van der Waals surface area contributed by atoms with Crippen molar-refractivity contribution in [3.05, 3.63) is 107 Å². The number of hydrogen-bond acceptors (Lipinski definition) is 4. The third-order valence-electron chi connectivity index (χ3n) is 5.48. The first-order valence-corrected chi connectivity index (χ1v) is 12.2. The van der Waals surface area contributed by atoms with Gasteiger partial charge < -0.3 is 5.32 Å². The number of benzene rings is 3. The molecule has 0 spiro atoms. The molecule has 0 aliphatic rings. The van der Waals surface area contributed by atoms with Gasteiger partial charge in [0.1, 0.15) is 5.82 Å². The lowest BCUT2D eigenvalue weighted by molar-refractivity contribution is -0.121. The quantitative estimate of drug-likeness (QED) is 0.311. The molecule has 0 saturated carbocycles. The molecule has 0 fully saturated rings. The van der Waals surface area contributed by atoms with E-state index in [2.05, 4.69) is 15.5 Å². The third kappa shape index (κ3) is 6.11. The third-order valence-corrected chi connectivity index (χ3v) is 6.48. The van der Waals surface area contributed by atoms with Crippen molar-refractivity contribution < 1.29 is 9.18 Å². The molecule has 1 aromatic heterocycles. The molecule has 1 amide bonds. The van der Waals surface area contributed by atoms with Gasteiger partial charge in [0.2, 0.25) is 5.91 Å². The van der Waals surface area contributed by atoms with Crippen LogP contribution in [0.4, 0.5) is 4.39 Å². The van der Waals surface area contributed by atoms with Crippen LogP contribution in [0.25, 0.3) is 5.69 Å². The van der Waals surface area contributed by atoms with Crippen molar-refractivity contribution in [1.82, 2.24) is 20.1 Å². The van der Waals surface area contributed by atoms with E-state index in [1.54, 1.807) is 12.1 Å². The van der Waals surface area contributed by atoms with Crippen molar-refractivity contribution in [1.29, 1.82) is 0 Å². The largest absolute Gasteiger partial charge is 0.346 e. The van der Waals surface area contributed by atoms with E-state index in [-0.39, 0.29) is 17.8 Å². The van der Waals surface area contributed by atoms with Crippen LogP contribution in [0.1, 0.15) is 41.9 Å². The van der Waals surface area contributed by atoms with Crippen LogP contribution in [0.2, 0.25) is 0 Å². The zero-order valence-electron chi connectivity index (χ0n) is 19.2. The highest BCUT2D eigenvalue weighted by atomic mass is 32.2. The van der Waals surface area contributed by atoms with Gasteiger partial charge in [-0.3, -0.25) is 9.36 Å². The highest BCUT2D eigenvalue weighted by Crippen LogP contribution is 2.28. The molecule has 1 heterocycles. The van der Waals surface area contributed by atoms with Gasteiger partial charge in [0, 0.05) is 17.9 Å². The van der Waals surface area contributed by atoms with Gasteiger partial charge in [0.25, 0.3) is 0 Å². The number of nitrogens with zero attached hydrogens (tertiary/aromatic N) is 3. The van der Waals surface area contributed by atoms with Crippen LogP contribution in [-0.2, 0) is 17.0 Å². The normalized spacial score (nSPS) is 11.9. The number of aromatic nitrogens is 3. The molecule has 0 aliphatic heterocycles. The minimum atomic E-state index is -0.322. The van der Waals surface area contributed by atoms with Gasteiger partial charge in [-0.25, -0.2) is 4.39 Å². The highest BCUT2D eigenvalue weighted by molar-refractivity contribution is 7.98. The number of rotatable bonds is 9. The van der Waals surface area contributed by atoms with E-state index in [0.717, 1.165) is 22.4 Å². The molecule has 1 atom stereocenters. The Morgan fingerprint density at radius 3 is 2.38 bits per heavy atom. The Bertz CT molecular complexity index is 1220. The highest BCUT2D eigenvalue weighted by Gasteiger charge is 2.21. The zero-order valence-corrected chi connectivity index (χ0v) is 20.1. The molecule has 0 radical (unpaired) electrons. The number of thioether (sulfide) groups is 1. The Labute approximate surface area is 203 Å². The monoisotopic (exact) mass is 474 g/mol. The van der Waals surface area contributed by atoms with Gasteiger partial charge in [-0.1, -0.05) is 71.9 Å². The lowest BCUT2D eigenvalue weighted by Crippen LogP contribution is -2.28. The van der Waals surface area contributed by atoms with Crippen molar-refractivity contribution in [3.8, 4) is 5.69 Å². The lowest BCUT2D eigenvalue weighted by atomic mass is 10.1. The Kier molecular flexibility index (Phi) is 7.75. The summed E-state index contributed by atoms with van der Waals surface area (Å²) in [5, 5.41) is 12.6. The van der Waals surface area contributed by atoms with Crippen LogP contribution < -0.4 is 5.32 Å². The predicted octanol–water partition coefficient (Wildman–Crippen LogP) is 5.82. The van der Waals surface area contributed by atoms with Crippen molar-refractivity contribution in [2.75, 3.05) is 0 Å². The van der Waals surface area contributed by atoms with E-state index in [9.17, 15) is 9.18 Å². The summed E-state index contributed by atoms with van der Waals surface area (Å²) >= 11 is 1.52. The average molecular weight is 475 g/mol. The van der Waals surface area contributed by atoms with E-state index < -0.39 is 0 Å². The first-order valence-electron chi connectivity index (χ1n) is 11.2. The molecular weight excluding hydrogens is 447 g/mol.